The molecule has 0 aromatic rings. The number of carbonyl (C=O) groups is 2. The normalized spacial score (nSPS) is 4.77. The van der Waals surface area contributed by atoms with Gasteiger partial charge in [0.25, 0.3) is 10.5 Å². The van der Waals surface area contributed by atoms with E-state index >= 15 is 0 Å². The Kier molecular flexibility index (Phi) is 87.6. The molecule has 0 saturated carbocycles. The molecule has 0 spiro atoms. The molecule has 0 bridgehead atoms. The smallest absolute Gasteiger partial charge is 0.273 e. The molecule has 0 aromatic heterocycles. The number of carbonyl (C=O) groups excluding carboxylic acids is 2. The Morgan fingerprint density at radius 1 is 0.846 bits per heavy atom. The summed E-state index contributed by atoms with van der Waals surface area (Å²) < 4.78 is 0. The number of nitrogens with two attached hydrogens (primary N) is 2. The van der Waals surface area contributed by atoms with E-state index in [0.717, 1.165) is 0 Å². The Labute approximate surface area is 111 Å². The van der Waals surface area contributed by atoms with Gasteiger partial charge in [-0.3, -0.25) is 9.59 Å². The summed E-state index contributed by atoms with van der Waals surface area (Å²) in [4.78, 5) is 18.2. The van der Waals surface area contributed by atoms with Crippen LogP contribution >= 0.6 is 25.3 Å². The summed E-state index contributed by atoms with van der Waals surface area (Å²) in [5, 5.41) is -1.28. The monoisotopic (exact) mass is 328 g/mol. The first-order chi connectivity index (χ1) is 5.46. The molecule has 0 radical (unpaired) electrons. The van der Waals surface area contributed by atoms with Crippen LogP contribution in [0.15, 0.2) is 0 Å². The molecular formula is C6H18CdN2O2S2. The molecule has 0 heterocycles. The third-order valence-corrected chi connectivity index (χ3v) is 0. The van der Waals surface area contributed by atoms with Crippen molar-refractivity contribution in [2.75, 3.05) is 0 Å². The Morgan fingerprint density at radius 2 is 0.846 bits per heavy atom. The van der Waals surface area contributed by atoms with Gasteiger partial charge >= 0.3 is 0 Å². The number of hydrogen-bond donors (Lipinski definition) is 4. The minimum absolute atomic E-state index is 0. The fraction of sp³-hybridized carbons (Fsp3) is 0.667. The van der Waals surface area contributed by atoms with Crippen LogP contribution < -0.4 is 11.5 Å². The molecule has 0 fully saturated rings. The Balaban J connectivity index is -0.0000000226. The number of rotatable bonds is 0. The van der Waals surface area contributed by atoms with Gasteiger partial charge in [0.1, 0.15) is 0 Å². The first-order valence-corrected chi connectivity index (χ1v) is 4.33. The van der Waals surface area contributed by atoms with Crippen LogP contribution in [0.4, 0.5) is 9.59 Å². The van der Waals surface area contributed by atoms with Crippen molar-refractivity contribution >= 4 is 35.7 Å². The molecule has 0 rings (SSSR count). The van der Waals surface area contributed by atoms with E-state index in [1.54, 1.807) is 0 Å². The van der Waals surface area contributed by atoms with Crippen molar-refractivity contribution < 1.29 is 36.9 Å². The first-order valence-electron chi connectivity index (χ1n) is 3.43. The molecule has 4 nitrogen and oxygen atoms in total. The standard InChI is InChI=1S/2C2H6.2CH3NOS.Cd/c2*1-2;2*2-1(3)4;/h2*1-2H3;2*(H3,2,3,4);. The van der Waals surface area contributed by atoms with Crippen molar-refractivity contribution in [2.45, 2.75) is 27.7 Å². The third kappa shape index (κ3) is 4440. The molecule has 0 aromatic carbocycles. The topological polar surface area (TPSA) is 86.2 Å². The zero-order chi connectivity index (χ0) is 11.2. The van der Waals surface area contributed by atoms with E-state index in [9.17, 15) is 0 Å². The maximum atomic E-state index is 9.09. The van der Waals surface area contributed by atoms with Crippen molar-refractivity contribution in [3.05, 3.63) is 0 Å². The molecule has 0 aliphatic rings. The maximum Gasteiger partial charge on any atom is 0.273 e. The van der Waals surface area contributed by atoms with E-state index in [4.69, 9.17) is 9.59 Å². The van der Waals surface area contributed by atoms with Crippen molar-refractivity contribution in [3.63, 3.8) is 0 Å². The summed E-state index contributed by atoms with van der Waals surface area (Å²) >= 11 is 6.21. The zero-order valence-electron chi connectivity index (χ0n) is 8.57. The minimum atomic E-state index is -0.639. The van der Waals surface area contributed by atoms with E-state index in [1.807, 2.05) is 27.7 Å². The second kappa shape index (κ2) is 39.0. The molecule has 0 saturated heterocycles. The summed E-state index contributed by atoms with van der Waals surface area (Å²) in [5.74, 6) is 0. The predicted octanol–water partition coefficient (Wildman–Crippen LogP) is 2.04. The Bertz CT molecular complexity index is 84.6. The first kappa shape index (κ1) is 29.2. The predicted molar refractivity (Wildman–Crippen MR) is 59.8 cm³/mol. The molecule has 0 aliphatic heterocycles. The van der Waals surface area contributed by atoms with Crippen LogP contribution in [0, 0.1) is 0 Å². The van der Waals surface area contributed by atoms with Gasteiger partial charge in [0, 0.05) is 27.3 Å². The second-order valence-electron chi connectivity index (χ2n) is 0.676. The Morgan fingerprint density at radius 3 is 0.846 bits per heavy atom. The third-order valence-electron chi connectivity index (χ3n) is 0. The fourth-order valence-electron chi connectivity index (χ4n) is 0. The summed E-state index contributed by atoms with van der Waals surface area (Å²) in [5.41, 5.74) is 8.67. The van der Waals surface area contributed by atoms with Crippen LogP contribution in [0.1, 0.15) is 27.7 Å². The fourth-order valence-corrected chi connectivity index (χ4v) is 0. The SMILES string of the molecule is CC.CC.NC(=O)S.NC(=O)S.[Cd]. The van der Waals surface area contributed by atoms with E-state index in [2.05, 4.69) is 36.7 Å². The summed E-state index contributed by atoms with van der Waals surface area (Å²) in [6, 6.07) is 0. The van der Waals surface area contributed by atoms with Gasteiger partial charge in [-0.05, 0) is 0 Å². The number of thiol groups is 2. The Hall–Kier alpha value is 0.562. The van der Waals surface area contributed by atoms with E-state index in [0.29, 0.717) is 0 Å². The number of amides is 2. The average Bonchev–Trinajstić information content (AvgIpc) is 1.93. The quantitative estimate of drug-likeness (QED) is 0.405. The van der Waals surface area contributed by atoms with Gasteiger partial charge in [-0.2, -0.15) is 0 Å². The van der Waals surface area contributed by atoms with Crippen molar-refractivity contribution in [3.8, 4) is 0 Å². The van der Waals surface area contributed by atoms with Gasteiger partial charge in [-0.25, -0.2) is 0 Å². The van der Waals surface area contributed by atoms with E-state index in [1.165, 1.54) is 0 Å². The van der Waals surface area contributed by atoms with Gasteiger partial charge in [-0.1, -0.05) is 53.0 Å². The molecule has 0 aliphatic carbocycles. The molecular weight excluding hydrogens is 309 g/mol. The summed E-state index contributed by atoms with van der Waals surface area (Å²) in [6.07, 6.45) is 0. The van der Waals surface area contributed by atoms with Crippen LogP contribution in [0.5, 0.6) is 0 Å². The maximum absolute atomic E-state index is 9.09. The van der Waals surface area contributed by atoms with Crippen LogP contribution in [0.25, 0.3) is 0 Å². The van der Waals surface area contributed by atoms with E-state index < -0.39 is 10.5 Å². The summed E-state index contributed by atoms with van der Waals surface area (Å²) in [6.45, 7) is 8.00. The van der Waals surface area contributed by atoms with Crippen LogP contribution in [0.2, 0.25) is 0 Å². The molecule has 78 valence electrons. The van der Waals surface area contributed by atoms with Gasteiger partial charge < -0.3 is 11.5 Å². The van der Waals surface area contributed by atoms with Crippen molar-refractivity contribution in [1.82, 2.24) is 0 Å². The van der Waals surface area contributed by atoms with Crippen LogP contribution in [-0.4, -0.2) is 10.5 Å². The van der Waals surface area contributed by atoms with Gasteiger partial charge in [0.05, 0.1) is 0 Å². The minimum Gasteiger partial charge on any atom is -0.361 e. The van der Waals surface area contributed by atoms with Gasteiger partial charge in [-0.15, -0.1) is 0 Å². The van der Waals surface area contributed by atoms with Crippen LogP contribution in [-0.2, 0) is 27.3 Å². The molecule has 0 atom stereocenters. The van der Waals surface area contributed by atoms with Gasteiger partial charge in [0.2, 0.25) is 0 Å². The number of hydrogen-bond acceptors (Lipinski definition) is 2. The average molecular weight is 327 g/mol. The molecule has 0 unspecified atom stereocenters. The molecule has 7 heteroatoms. The van der Waals surface area contributed by atoms with Crippen molar-refractivity contribution in [2.24, 2.45) is 11.5 Å². The zero-order valence-corrected chi connectivity index (χ0v) is 14.4. The molecule has 4 N–H and O–H groups in total. The number of primary amides is 2. The van der Waals surface area contributed by atoms with Crippen molar-refractivity contribution in [1.29, 1.82) is 0 Å². The van der Waals surface area contributed by atoms with E-state index in [-0.39, 0.29) is 27.3 Å². The largest absolute Gasteiger partial charge is 0.361 e. The second-order valence-corrected chi connectivity index (χ2v) is 1.56. The van der Waals surface area contributed by atoms with Gasteiger partial charge in [0.15, 0.2) is 0 Å². The van der Waals surface area contributed by atoms with Crippen LogP contribution in [0.3, 0.4) is 0 Å². The molecule has 2 amide bonds. The summed E-state index contributed by atoms with van der Waals surface area (Å²) in [7, 11) is 0. The molecule has 13 heavy (non-hydrogen) atoms.